The van der Waals surface area contributed by atoms with Gasteiger partial charge < -0.3 is 30.5 Å². The van der Waals surface area contributed by atoms with Gasteiger partial charge in [0.15, 0.2) is 0 Å². The molecule has 4 N–H and O–H groups in total. The quantitative estimate of drug-likeness (QED) is 0.0819. The zero-order valence-corrected chi connectivity index (χ0v) is 27.0. The third-order valence-corrected chi connectivity index (χ3v) is 8.34. The van der Waals surface area contributed by atoms with Crippen molar-refractivity contribution in [2.45, 2.75) is 10.1 Å². The fourth-order valence-corrected chi connectivity index (χ4v) is 5.83. The summed E-state index contributed by atoms with van der Waals surface area (Å²) in [5.74, 6) is -0.479. The van der Waals surface area contributed by atoms with Gasteiger partial charge in [0.2, 0.25) is 5.91 Å². The summed E-state index contributed by atoms with van der Waals surface area (Å²) in [6.45, 7) is 0. The van der Waals surface area contributed by atoms with Crippen LogP contribution in [0.3, 0.4) is 0 Å². The lowest BCUT2D eigenvalue weighted by molar-refractivity contribution is -0.116. The van der Waals surface area contributed by atoms with Crippen LogP contribution in [0.5, 0.6) is 17.2 Å². The second kappa shape index (κ2) is 16.0. The average Bonchev–Trinajstić information content (AvgIpc) is 3.12. The summed E-state index contributed by atoms with van der Waals surface area (Å²) < 4.78 is 10.8. The van der Waals surface area contributed by atoms with Crippen molar-refractivity contribution in [1.29, 1.82) is 0 Å². The van der Waals surface area contributed by atoms with Gasteiger partial charge in [-0.3, -0.25) is 14.4 Å². The van der Waals surface area contributed by atoms with Gasteiger partial charge in [-0.2, -0.15) is 0 Å². The number of rotatable bonds is 12. The van der Waals surface area contributed by atoms with E-state index >= 15 is 0 Å². The van der Waals surface area contributed by atoms with E-state index in [1.807, 2.05) is 48.5 Å². The van der Waals surface area contributed by atoms with Crippen LogP contribution >= 0.6 is 11.8 Å². The van der Waals surface area contributed by atoms with Crippen molar-refractivity contribution >= 4 is 46.9 Å². The maximum Gasteiger partial charge on any atom is 0.272 e. The van der Waals surface area contributed by atoms with Crippen LogP contribution in [0.1, 0.15) is 26.7 Å². The first-order valence-corrected chi connectivity index (χ1v) is 15.7. The SMILES string of the molecule is COc1cc(O)ccc1/C=C(/NC(=O)c1ccccc1)C(=O)Nc1cccc(SC(C(=O)Nc2ccccc2OC)c2ccccc2)c1. The highest BCUT2D eigenvalue weighted by molar-refractivity contribution is 8.00. The predicted octanol–water partition coefficient (Wildman–Crippen LogP) is 7.29. The molecule has 1 unspecified atom stereocenters. The van der Waals surface area contributed by atoms with E-state index in [2.05, 4.69) is 16.0 Å². The number of thioether (sulfide) groups is 1. The molecule has 9 nitrogen and oxygen atoms in total. The van der Waals surface area contributed by atoms with E-state index in [9.17, 15) is 19.5 Å². The summed E-state index contributed by atoms with van der Waals surface area (Å²) in [4.78, 5) is 41.2. The first kappa shape index (κ1) is 33.4. The highest BCUT2D eigenvalue weighted by Gasteiger charge is 2.24. The number of nitrogens with one attached hydrogen (secondary N) is 3. The minimum atomic E-state index is -0.635. The molecule has 0 aliphatic rings. The summed E-state index contributed by atoms with van der Waals surface area (Å²) in [5.41, 5.74) is 2.56. The Kier molecular flexibility index (Phi) is 11.1. The number of amides is 3. The van der Waals surface area contributed by atoms with Gasteiger partial charge in [0.05, 0.1) is 19.9 Å². The van der Waals surface area contributed by atoms with Crippen LogP contribution < -0.4 is 25.4 Å². The first-order valence-electron chi connectivity index (χ1n) is 14.9. The molecule has 10 heteroatoms. The molecule has 0 heterocycles. The van der Waals surface area contributed by atoms with E-state index in [0.29, 0.717) is 34.0 Å². The number of hydrogen-bond donors (Lipinski definition) is 4. The Morgan fingerprint density at radius 3 is 2.15 bits per heavy atom. The van der Waals surface area contributed by atoms with Crippen molar-refractivity contribution in [3.63, 3.8) is 0 Å². The highest BCUT2D eigenvalue weighted by atomic mass is 32.2. The van der Waals surface area contributed by atoms with Crippen LogP contribution in [0.4, 0.5) is 11.4 Å². The fraction of sp³-hybridized carbons (Fsp3) is 0.0789. The molecule has 0 bridgehead atoms. The minimum absolute atomic E-state index is 0.0111. The maximum atomic E-state index is 13.7. The molecule has 0 spiro atoms. The molecule has 0 fully saturated rings. The van der Waals surface area contributed by atoms with Crippen LogP contribution in [0.15, 0.2) is 138 Å². The summed E-state index contributed by atoms with van der Waals surface area (Å²) in [6.07, 6.45) is 1.47. The number of carbonyl (C=O) groups excluding carboxylic acids is 3. The van der Waals surface area contributed by atoms with Crippen molar-refractivity contribution < 1.29 is 29.0 Å². The van der Waals surface area contributed by atoms with Gasteiger partial charge in [-0.25, -0.2) is 0 Å². The van der Waals surface area contributed by atoms with Crippen molar-refractivity contribution in [3.05, 3.63) is 150 Å². The van der Waals surface area contributed by atoms with Gasteiger partial charge in [-0.15, -0.1) is 11.8 Å². The zero-order valence-electron chi connectivity index (χ0n) is 26.2. The Balaban J connectivity index is 1.41. The number of ether oxygens (including phenoxy) is 2. The van der Waals surface area contributed by atoms with Gasteiger partial charge in [0, 0.05) is 27.8 Å². The van der Waals surface area contributed by atoms with Gasteiger partial charge >= 0.3 is 0 Å². The Morgan fingerprint density at radius 1 is 0.729 bits per heavy atom. The lowest BCUT2D eigenvalue weighted by Crippen LogP contribution is -2.30. The van der Waals surface area contributed by atoms with E-state index < -0.39 is 17.1 Å². The van der Waals surface area contributed by atoms with Crippen molar-refractivity contribution in [1.82, 2.24) is 5.32 Å². The van der Waals surface area contributed by atoms with E-state index in [0.717, 1.165) is 10.5 Å². The number of methoxy groups -OCH3 is 2. The van der Waals surface area contributed by atoms with E-state index in [-0.39, 0.29) is 17.4 Å². The number of aromatic hydroxyl groups is 1. The predicted molar refractivity (Wildman–Crippen MR) is 188 cm³/mol. The molecule has 5 rings (SSSR count). The topological polar surface area (TPSA) is 126 Å². The third-order valence-electron chi connectivity index (χ3n) is 7.10. The molecule has 0 saturated heterocycles. The van der Waals surface area contributed by atoms with E-state index in [4.69, 9.17) is 9.47 Å². The minimum Gasteiger partial charge on any atom is -0.508 e. The summed E-state index contributed by atoms with van der Waals surface area (Å²) in [6, 6.07) is 36.6. The zero-order chi connectivity index (χ0) is 33.9. The largest absolute Gasteiger partial charge is 0.508 e. The molecule has 3 amide bonds. The summed E-state index contributed by atoms with van der Waals surface area (Å²) in [7, 11) is 2.99. The van der Waals surface area contributed by atoms with E-state index in [1.165, 1.54) is 37.1 Å². The van der Waals surface area contributed by atoms with Crippen molar-refractivity contribution in [2.24, 2.45) is 0 Å². The number of carbonyl (C=O) groups is 3. The average molecular weight is 660 g/mol. The highest BCUT2D eigenvalue weighted by Crippen LogP contribution is 2.38. The van der Waals surface area contributed by atoms with Gasteiger partial charge in [0.1, 0.15) is 28.2 Å². The van der Waals surface area contributed by atoms with Crippen LogP contribution in [-0.2, 0) is 9.59 Å². The molecule has 0 aromatic heterocycles. The normalized spacial score (nSPS) is 11.6. The second-order valence-corrected chi connectivity index (χ2v) is 11.6. The van der Waals surface area contributed by atoms with Crippen LogP contribution in [0, 0.1) is 0 Å². The number of benzene rings is 5. The van der Waals surface area contributed by atoms with Crippen molar-refractivity contribution in [3.8, 4) is 17.2 Å². The number of para-hydroxylation sites is 2. The molecule has 0 radical (unpaired) electrons. The molecule has 0 aliphatic heterocycles. The van der Waals surface area contributed by atoms with Crippen LogP contribution in [-0.4, -0.2) is 37.0 Å². The molecular weight excluding hydrogens is 627 g/mol. The molecule has 242 valence electrons. The van der Waals surface area contributed by atoms with Gasteiger partial charge in [-0.1, -0.05) is 66.7 Å². The smallest absolute Gasteiger partial charge is 0.272 e. The first-order chi connectivity index (χ1) is 23.3. The number of phenolic OH excluding ortho intramolecular Hbond substituents is 1. The van der Waals surface area contributed by atoms with E-state index in [1.54, 1.807) is 73.8 Å². The molecule has 0 aliphatic carbocycles. The molecule has 1 atom stereocenters. The number of hydrogen-bond acceptors (Lipinski definition) is 7. The molecule has 0 saturated carbocycles. The molecular formula is C38H33N3O6S. The summed E-state index contributed by atoms with van der Waals surface area (Å²) in [5, 5.41) is 17.8. The van der Waals surface area contributed by atoms with Crippen LogP contribution in [0.25, 0.3) is 6.08 Å². The van der Waals surface area contributed by atoms with Gasteiger partial charge in [-0.05, 0) is 66.2 Å². The van der Waals surface area contributed by atoms with Crippen molar-refractivity contribution in [2.75, 3.05) is 24.9 Å². The Hall–Kier alpha value is -6.00. The standard InChI is InChI=1S/C38H33N3O6S/c1-46-33-19-10-9-18-31(33)40-38(45)35(25-12-5-3-6-13-25)48-30-17-11-16-28(23-30)39-37(44)32(41-36(43)26-14-7-4-8-15-26)22-27-20-21-29(42)24-34(27)47-2/h3-24,35,42H,1-2H3,(H,39,44)(H,40,45)(H,41,43)/b32-22+. The lowest BCUT2D eigenvalue weighted by Gasteiger charge is -2.19. The monoisotopic (exact) mass is 659 g/mol. The van der Waals surface area contributed by atoms with Crippen LogP contribution in [0.2, 0.25) is 0 Å². The fourth-order valence-electron chi connectivity index (χ4n) is 4.75. The Bertz CT molecular complexity index is 1930. The lowest BCUT2D eigenvalue weighted by atomic mass is 10.1. The Labute approximate surface area is 282 Å². The molecule has 5 aromatic rings. The third kappa shape index (κ3) is 8.62. The molecule has 48 heavy (non-hydrogen) atoms. The summed E-state index contributed by atoms with van der Waals surface area (Å²) >= 11 is 1.32. The van der Waals surface area contributed by atoms with Gasteiger partial charge in [0.25, 0.3) is 11.8 Å². The number of anilines is 2. The maximum absolute atomic E-state index is 13.7. The molecule has 5 aromatic carbocycles. The Morgan fingerprint density at radius 2 is 1.42 bits per heavy atom. The number of phenols is 1. The second-order valence-electron chi connectivity index (χ2n) is 10.4.